The Hall–Kier alpha value is -1.22. The fourth-order valence-electron chi connectivity index (χ4n) is 1.82. The fourth-order valence-corrected chi connectivity index (χ4v) is 4.01. The largest absolute Gasteiger partial charge is 0.329 e. The molecule has 6 nitrogen and oxygen atoms in total. The van der Waals surface area contributed by atoms with Crippen molar-refractivity contribution in [2.75, 3.05) is 13.1 Å². The van der Waals surface area contributed by atoms with Gasteiger partial charge in [-0.15, -0.1) is 11.3 Å². The van der Waals surface area contributed by atoms with E-state index in [9.17, 15) is 8.42 Å². The van der Waals surface area contributed by atoms with Crippen LogP contribution in [0, 0.1) is 0 Å². The topological polar surface area (TPSA) is 81.2 Å². The molecule has 0 radical (unpaired) electrons. The van der Waals surface area contributed by atoms with E-state index >= 15 is 0 Å². The zero-order valence-electron chi connectivity index (χ0n) is 11.3. The van der Waals surface area contributed by atoms with E-state index in [1.54, 1.807) is 16.0 Å². The smallest absolute Gasteiger partial charge is 0.246 e. The third-order valence-corrected chi connectivity index (χ3v) is 5.61. The average Bonchev–Trinajstić information content (AvgIpc) is 3.07. The Kier molecular flexibility index (Phi) is 4.92. The normalized spacial score (nSPS) is 12.2. The van der Waals surface area contributed by atoms with Crippen molar-refractivity contribution in [3.63, 3.8) is 0 Å². The first-order valence-electron chi connectivity index (χ1n) is 6.33. The zero-order valence-corrected chi connectivity index (χ0v) is 12.9. The van der Waals surface area contributed by atoms with Crippen LogP contribution >= 0.6 is 11.3 Å². The summed E-state index contributed by atoms with van der Waals surface area (Å²) in [7, 11) is -3.51. The van der Waals surface area contributed by atoms with Gasteiger partial charge < -0.3 is 5.73 Å². The molecule has 2 heterocycles. The number of nitrogens with zero attached hydrogens (tertiary/aromatic N) is 3. The van der Waals surface area contributed by atoms with E-state index in [1.807, 2.05) is 24.4 Å². The number of thiophene rings is 1. The molecule has 0 aromatic carbocycles. The lowest BCUT2D eigenvalue weighted by molar-refractivity contribution is 0.426. The Morgan fingerprint density at radius 3 is 2.90 bits per heavy atom. The van der Waals surface area contributed by atoms with Gasteiger partial charge in [0.05, 0.1) is 12.7 Å². The molecule has 0 spiro atoms. The average molecular weight is 314 g/mol. The van der Waals surface area contributed by atoms with Gasteiger partial charge in [0.1, 0.15) is 4.90 Å². The quantitative estimate of drug-likeness (QED) is 0.830. The van der Waals surface area contributed by atoms with Crippen LogP contribution in [0.4, 0.5) is 0 Å². The number of hydrogen-bond donors (Lipinski definition) is 1. The Balaban J connectivity index is 2.21. The standard InChI is InChI=1S/C12H18N4O2S2/c1-2-16(9-11-4-3-7-19-11)20(17,18)12-8-14-15(10-12)6-5-13/h3-4,7-8,10H,2,5-6,9,13H2,1H3. The second kappa shape index (κ2) is 6.49. The van der Waals surface area contributed by atoms with E-state index < -0.39 is 10.0 Å². The van der Waals surface area contributed by atoms with Crippen LogP contribution < -0.4 is 5.73 Å². The summed E-state index contributed by atoms with van der Waals surface area (Å²) in [5.74, 6) is 0. The van der Waals surface area contributed by atoms with Gasteiger partial charge in [-0.3, -0.25) is 4.68 Å². The molecular formula is C12H18N4O2S2. The molecule has 0 bridgehead atoms. The van der Waals surface area contributed by atoms with Gasteiger partial charge in [-0.1, -0.05) is 13.0 Å². The van der Waals surface area contributed by atoms with Crippen LogP contribution in [0.1, 0.15) is 11.8 Å². The van der Waals surface area contributed by atoms with Gasteiger partial charge in [0.25, 0.3) is 0 Å². The van der Waals surface area contributed by atoms with E-state index in [2.05, 4.69) is 5.10 Å². The maximum atomic E-state index is 12.6. The minimum atomic E-state index is -3.51. The third-order valence-electron chi connectivity index (χ3n) is 2.87. The van der Waals surface area contributed by atoms with Crippen LogP contribution in [-0.4, -0.2) is 35.6 Å². The first-order valence-corrected chi connectivity index (χ1v) is 8.65. The number of rotatable bonds is 7. The number of hydrogen-bond acceptors (Lipinski definition) is 5. The van der Waals surface area contributed by atoms with Gasteiger partial charge in [-0.25, -0.2) is 8.42 Å². The van der Waals surface area contributed by atoms with E-state index in [-0.39, 0.29) is 4.90 Å². The number of sulfonamides is 1. The van der Waals surface area contributed by atoms with E-state index in [4.69, 9.17) is 5.73 Å². The summed E-state index contributed by atoms with van der Waals surface area (Å²) in [5, 5.41) is 5.96. The SMILES string of the molecule is CCN(Cc1cccs1)S(=O)(=O)c1cnn(CCN)c1. The Bertz CT molecular complexity index is 634. The summed E-state index contributed by atoms with van der Waals surface area (Å²) in [6.07, 6.45) is 2.90. The maximum Gasteiger partial charge on any atom is 0.246 e. The van der Waals surface area contributed by atoms with Crippen LogP contribution in [0.25, 0.3) is 0 Å². The summed E-state index contributed by atoms with van der Waals surface area (Å²) in [6, 6.07) is 3.85. The summed E-state index contributed by atoms with van der Waals surface area (Å²) < 4.78 is 28.1. The second-order valence-electron chi connectivity index (χ2n) is 4.24. The minimum absolute atomic E-state index is 0.212. The molecular weight excluding hydrogens is 296 g/mol. The van der Waals surface area contributed by atoms with Crippen LogP contribution in [0.5, 0.6) is 0 Å². The van der Waals surface area contributed by atoms with Crippen molar-refractivity contribution in [1.82, 2.24) is 14.1 Å². The lowest BCUT2D eigenvalue weighted by Gasteiger charge is -2.18. The molecule has 110 valence electrons. The van der Waals surface area contributed by atoms with Gasteiger partial charge >= 0.3 is 0 Å². The molecule has 0 aliphatic carbocycles. The predicted molar refractivity (Wildman–Crippen MR) is 78.9 cm³/mol. The van der Waals surface area contributed by atoms with Gasteiger partial charge in [0, 0.05) is 30.7 Å². The Morgan fingerprint density at radius 2 is 2.30 bits per heavy atom. The van der Waals surface area contributed by atoms with Gasteiger partial charge in [-0.2, -0.15) is 9.40 Å². The van der Waals surface area contributed by atoms with Crippen molar-refractivity contribution >= 4 is 21.4 Å². The predicted octanol–water partition coefficient (Wildman–Crippen LogP) is 1.11. The third kappa shape index (κ3) is 3.26. The summed E-state index contributed by atoms with van der Waals surface area (Å²) in [6.45, 7) is 3.57. The molecule has 0 aliphatic rings. The highest BCUT2D eigenvalue weighted by Crippen LogP contribution is 2.19. The molecule has 2 rings (SSSR count). The lowest BCUT2D eigenvalue weighted by atomic mass is 10.4. The second-order valence-corrected chi connectivity index (χ2v) is 7.21. The molecule has 2 N–H and O–H groups in total. The van der Waals surface area contributed by atoms with Crippen molar-refractivity contribution in [3.8, 4) is 0 Å². The van der Waals surface area contributed by atoms with E-state index in [0.29, 0.717) is 26.2 Å². The molecule has 0 aliphatic heterocycles. The number of nitrogens with two attached hydrogens (primary N) is 1. The van der Waals surface area contributed by atoms with Crippen molar-refractivity contribution in [1.29, 1.82) is 0 Å². The van der Waals surface area contributed by atoms with Gasteiger partial charge in [-0.05, 0) is 11.4 Å². The molecule has 0 saturated heterocycles. The summed E-state index contributed by atoms with van der Waals surface area (Å²) in [5.41, 5.74) is 5.44. The monoisotopic (exact) mass is 314 g/mol. The van der Waals surface area contributed by atoms with Crippen molar-refractivity contribution < 1.29 is 8.42 Å². The van der Waals surface area contributed by atoms with Crippen LogP contribution in [0.2, 0.25) is 0 Å². The Morgan fingerprint density at radius 1 is 1.50 bits per heavy atom. The number of aromatic nitrogens is 2. The highest BCUT2D eigenvalue weighted by atomic mass is 32.2. The molecule has 0 saturated carbocycles. The van der Waals surface area contributed by atoms with Gasteiger partial charge in [0.2, 0.25) is 10.0 Å². The fraction of sp³-hybridized carbons (Fsp3) is 0.417. The van der Waals surface area contributed by atoms with E-state index in [1.165, 1.54) is 16.7 Å². The summed E-state index contributed by atoms with van der Waals surface area (Å²) >= 11 is 1.55. The van der Waals surface area contributed by atoms with E-state index in [0.717, 1.165) is 4.88 Å². The first-order chi connectivity index (χ1) is 9.57. The summed E-state index contributed by atoms with van der Waals surface area (Å²) in [4.78, 5) is 1.23. The highest BCUT2D eigenvalue weighted by molar-refractivity contribution is 7.89. The van der Waals surface area contributed by atoms with Crippen molar-refractivity contribution in [3.05, 3.63) is 34.8 Å². The maximum absolute atomic E-state index is 12.6. The highest BCUT2D eigenvalue weighted by Gasteiger charge is 2.25. The zero-order chi connectivity index (χ0) is 14.6. The van der Waals surface area contributed by atoms with Crippen LogP contribution in [-0.2, 0) is 23.1 Å². The Labute approximate surface area is 122 Å². The van der Waals surface area contributed by atoms with Crippen molar-refractivity contribution in [2.45, 2.75) is 24.9 Å². The van der Waals surface area contributed by atoms with Crippen LogP contribution in [0.3, 0.4) is 0 Å². The molecule has 2 aromatic heterocycles. The molecule has 0 atom stereocenters. The molecule has 20 heavy (non-hydrogen) atoms. The molecule has 0 amide bonds. The lowest BCUT2D eigenvalue weighted by Crippen LogP contribution is -2.30. The van der Waals surface area contributed by atoms with Crippen molar-refractivity contribution in [2.24, 2.45) is 5.73 Å². The molecule has 8 heteroatoms. The molecule has 0 unspecified atom stereocenters. The molecule has 0 fully saturated rings. The first kappa shape index (κ1) is 15.2. The van der Waals surface area contributed by atoms with Crippen LogP contribution in [0.15, 0.2) is 34.8 Å². The minimum Gasteiger partial charge on any atom is -0.329 e. The van der Waals surface area contributed by atoms with Gasteiger partial charge in [0.15, 0.2) is 0 Å². The molecule has 2 aromatic rings.